The van der Waals surface area contributed by atoms with Gasteiger partial charge in [-0.3, -0.25) is 4.57 Å². The molecule has 2 aromatic carbocycles. The summed E-state index contributed by atoms with van der Waals surface area (Å²) in [5.41, 5.74) is 9.55. The molecule has 0 aliphatic carbocycles. The van der Waals surface area contributed by atoms with E-state index in [1.54, 1.807) is 0 Å². The number of nitrogen functional groups attached to an aromatic ring is 1. The molecule has 2 heterocycles. The van der Waals surface area contributed by atoms with Crippen molar-refractivity contribution in [3.63, 3.8) is 0 Å². The van der Waals surface area contributed by atoms with Crippen molar-refractivity contribution in [1.82, 2.24) is 19.5 Å². The van der Waals surface area contributed by atoms with Crippen LogP contribution in [-0.2, 0) is 6.42 Å². The second kappa shape index (κ2) is 5.53. The summed E-state index contributed by atoms with van der Waals surface area (Å²) in [5, 5.41) is 0. The second-order valence-corrected chi connectivity index (χ2v) is 5.29. The normalized spacial score (nSPS) is 11.0. The molecular formula is C18H15N5. The van der Waals surface area contributed by atoms with Crippen LogP contribution in [0.2, 0.25) is 0 Å². The number of nitrogens with zero attached hydrogens (tertiary/aromatic N) is 4. The first-order chi connectivity index (χ1) is 11.3. The number of hydrogen-bond acceptors (Lipinski definition) is 4. The first-order valence-corrected chi connectivity index (χ1v) is 7.40. The Hall–Kier alpha value is -3.21. The zero-order chi connectivity index (χ0) is 15.6. The topological polar surface area (TPSA) is 69.6 Å². The van der Waals surface area contributed by atoms with Gasteiger partial charge in [0.1, 0.15) is 12.2 Å². The Labute approximate surface area is 133 Å². The quantitative estimate of drug-likeness (QED) is 0.631. The molecule has 23 heavy (non-hydrogen) atoms. The Morgan fingerprint density at radius 1 is 0.870 bits per heavy atom. The molecule has 0 unspecified atom stereocenters. The van der Waals surface area contributed by atoms with Crippen molar-refractivity contribution < 1.29 is 0 Å². The highest BCUT2D eigenvalue weighted by Crippen LogP contribution is 2.24. The molecule has 0 fully saturated rings. The Morgan fingerprint density at radius 2 is 1.57 bits per heavy atom. The van der Waals surface area contributed by atoms with Gasteiger partial charge < -0.3 is 5.73 Å². The number of para-hydroxylation sites is 1. The van der Waals surface area contributed by atoms with Crippen LogP contribution in [0.3, 0.4) is 0 Å². The van der Waals surface area contributed by atoms with Crippen LogP contribution in [0.1, 0.15) is 11.4 Å². The molecule has 0 spiro atoms. The SMILES string of the molecule is Nc1ncnc2c1nc(Cc1ccccc1)n2-c1ccccc1. The molecule has 2 aromatic heterocycles. The summed E-state index contributed by atoms with van der Waals surface area (Å²) in [7, 11) is 0. The summed E-state index contributed by atoms with van der Waals surface area (Å²) in [6.07, 6.45) is 2.18. The molecule has 5 heteroatoms. The molecule has 0 amide bonds. The van der Waals surface area contributed by atoms with Crippen molar-refractivity contribution in [2.24, 2.45) is 0 Å². The van der Waals surface area contributed by atoms with Gasteiger partial charge in [0, 0.05) is 12.1 Å². The van der Waals surface area contributed by atoms with E-state index in [1.807, 2.05) is 53.1 Å². The lowest BCUT2D eigenvalue weighted by Gasteiger charge is -2.08. The minimum Gasteiger partial charge on any atom is -0.382 e. The molecule has 0 radical (unpaired) electrons. The van der Waals surface area contributed by atoms with Crippen LogP contribution in [-0.4, -0.2) is 19.5 Å². The van der Waals surface area contributed by atoms with Crippen molar-refractivity contribution in [3.8, 4) is 5.69 Å². The van der Waals surface area contributed by atoms with Gasteiger partial charge in [0.15, 0.2) is 17.0 Å². The third kappa shape index (κ3) is 2.42. The fourth-order valence-electron chi connectivity index (χ4n) is 2.70. The maximum atomic E-state index is 5.98. The van der Waals surface area contributed by atoms with Crippen molar-refractivity contribution in [3.05, 3.63) is 78.4 Å². The fraction of sp³-hybridized carbons (Fsp3) is 0.0556. The minimum atomic E-state index is 0.402. The predicted octanol–water partition coefficient (Wildman–Crippen LogP) is 2.99. The van der Waals surface area contributed by atoms with Crippen LogP contribution >= 0.6 is 0 Å². The van der Waals surface area contributed by atoms with Crippen LogP contribution < -0.4 is 5.73 Å². The zero-order valence-corrected chi connectivity index (χ0v) is 12.4. The van der Waals surface area contributed by atoms with Gasteiger partial charge in [-0.1, -0.05) is 48.5 Å². The van der Waals surface area contributed by atoms with Gasteiger partial charge in [-0.15, -0.1) is 0 Å². The third-order valence-electron chi connectivity index (χ3n) is 3.76. The van der Waals surface area contributed by atoms with Gasteiger partial charge in [0.25, 0.3) is 0 Å². The lowest BCUT2D eigenvalue weighted by molar-refractivity contribution is 0.924. The molecule has 0 saturated heterocycles. The molecule has 0 atom stereocenters. The minimum absolute atomic E-state index is 0.402. The Morgan fingerprint density at radius 3 is 2.30 bits per heavy atom. The van der Waals surface area contributed by atoms with Crippen molar-refractivity contribution >= 4 is 17.0 Å². The van der Waals surface area contributed by atoms with E-state index in [0.717, 1.165) is 17.2 Å². The summed E-state index contributed by atoms with van der Waals surface area (Å²) in [6.45, 7) is 0. The molecule has 0 aliphatic heterocycles. The largest absolute Gasteiger partial charge is 0.382 e. The zero-order valence-electron chi connectivity index (χ0n) is 12.4. The van der Waals surface area contributed by atoms with E-state index in [2.05, 4.69) is 22.1 Å². The van der Waals surface area contributed by atoms with Crippen molar-refractivity contribution in [2.45, 2.75) is 6.42 Å². The predicted molar refractivity (Wildman–Crippen MR) is 90.3 cm³/mol. The lowest BCUT2D eigenvalue weighted by atomic mass is 10.1. The van der Waals surface area contributed by atoms with Crippen LogP contribution in [0.5, 0.6) is 0 Å². The molecule has 4 aromatic rings. The van der Waals surface area contributed by atoms with E-state index in [1.165, 1.54) is 11.9 Å². The standard InChI is InChI=1S/C18H15N5/c19-17-16-18(21-12-20-17)23(14-9-5-2-6-10-14)15(22-16)11-13-7-3-1-4-8-13/h1-10,12H,11H2,(H2,19,20,21). The van der Waals surface area contributed by atoms with E-state index in [0.29, 0.717) is 17.8 Å². The third-order valence-corrected chi connectivity index (χ3v) is 3.76. The number of aromatic nitrogens is 4. The first-order valence-electron chi connectivity index (χ1n) is 7.40. The van der Waals surface area contributed by atoms with Crippen LogP contribution in [0.4, 0.5) is 5.82 Å². The monoisotopic (exact) mass is 301 g/mol. The molecule has 0 bridgehead atoms. The summed E-state index contributed by atoms with van der Waals surface area (Å²) >= 11 is 0. The van der Waals surface area contributed by atoms with Crippen LogP contribution in [0.15, 0.2) is 67.0 Å². The van der Waals surface area contributed by atoms with Crippen LogP contribution in [0.25, 0.3) is 16.9 Å². The molecule has 0 aliphatic rings. The average Bonchev–Trinajstić information content (AvgIpc) is 2.96. The molecule has 0 saturated carbocycles. The summed E-state index contributed by atoms with van der Waals surface area (Å²) in [4.78, 5) is 13.1. The molecule has 4 rings (SSSR count). The van der Waals surface area contributed by atoms with E-state index < -0.39 is 0 Å². The van der Waals surface area contributed by atoms with Crippen LogP contribution in [0, 0.1) is 0 Å². The Kier molecular flexibility index (Phi) is 3.24. The van der Waals surface area contributed by atoms with Gasteiger partial charge in [0.05, 0.1) is 0 Å². The maximum absolute atomic E-state index is 5.98. The average molecular weight is 301 g/mol. The number of hydrogen-bond donors (Lipinski definition) is 1. The fourth-order valence-corrected chi connectivity index (χ4v) is 2.70. The van der Waals surface area contributed by atoms with Crippen molar-refractivity contribution in [2.75, 3.05) is 5.73 Å². The Bertz CT molecular complexity index is 945. The molecule has 2 N–H and O–H groups in total. The molecular weight excluding hydrogens is 286 g/mol. The highest BCUT2D eigenvalue weighted by molar-refractivity contribution is 5.83. The van der Waals surface area contributed by atoms with E-state index in [-0.39, 0.29) is 0 Å². The number of fused-ring (bicyclic) bond motifs is 1. The number of benzene rings is 2. The lowest BCUT2D eigenvalue weighted by Crippen LogP contribution is -2.03. The van der Waals surface area contributed by atoms with Crippen molar-refractivity contribution in [1.29, 1.82) is 0 Å². The highest BCUT2D eigenvalue weighted by Gasteiger charge is 2.16. The number of nitrogens with two attached hydrogens (primary N) is 1. The Balaban J connectivity index is 1.94. The second-order valence-electron chi connectivity index (χ2n) is 5.29. The smallest absolute Gasteiger partial charge is 0.170 e. The van der Waals surface area contributed by atoms with Gasteiger partial charge in [-0.05, 0) is 17.7 Å². The van der Waals surface area contributed by atoms with Gasteiger partial charge >= 0.3 is 0 Å². The van der Waals surface area contributed by atoms with Gasteiger partial charge in [-0.25, -0.2) is 15.0 Å². The molecule has 112 valence electrons. The molecule has 5 nitrogen and oxygen atoms in total. The van der Waals surface area contributed by atoms with E-state index >= 15 is 0 Å². The van der Waals surface area contributed by atoms with E-state index in [4.69, 9.17) is 10.7 Å². The number of anilines is 1. The van der Waals surface area contributed by atoms with E-state index in [9.17, 15) is 0 Å². The maximum Gasteiger partial charge on any atom is 0.170 e. The summed E-state index contributed by atoms with van der Waals surface area (Å²) in [6, 6.07) is 20.3. The summed E-state index contributed by atoms with van der Waals surface area (Å²) in [5.74, 6) is 1.29. The first kappa shape index (κ1) is 13.5. The summed E-state index contributed by atoms with van der Waals surface area (Å²) < 4.78 is 2.04. The number of rotatable bonds is 3. The number of imidazole rings is 1. The van der Waals surface area contributed by atoms with Gasteiger partial charge in [-0.2, -0.15) is 0 Å². The highest BCUT2D eigenvalue weighted by atomic mass is 15.2. The van der Waals surface area contributed by atoms with Gasteiger partial charge in [0.2, 0.25) is 0 Å².